The maximum Gasteiger partial charge on any atom is 0.107 e. The highest BCUT2D eigenvalue weighted by atomic mass is 32.1. The van der Waals surface area contributed by atoms with Gasteiger partial charge in [-0.15, -0.1) is 11.3 Å². The highest BCUT2D eigenvalue weighted by molar-refractivity contribution is 7.15. The molecule has 1 heterocycles. The molecule has 1 aliphatic rings. The van der Waals surface area contributed by atoms with E-state index >= 15 is 0 Å². The van der Waals surface area contributed by atoms with Crippen molar-refractivity contribution in [3.05, 3.63) is 41.0 Å². The van der Waals surface area contributed by atoms with Gasteiger partial charge in [-0.1, -0.05) is 43.5 Å². The van der Waals surface area contributed by atoms with Gasteiger partial charge in [0.1, 0.15) is 5.01 Å². The van der Waals surface area contributed by atoms with Crippen LogP contribution in [0.15, 0.2) is 30.5 Å². The molecule has 3 heteroatoms. The zero-order chi connectivity index (χ0) is 14.5. The molecule has 0 unspecified atom stereocenters. The van der Waals surface area contributed by atoms with Gasteiger partial charge in [-0.25, -0.2) is 4.98 Å². The summed E-state index contributed by atoms with van der Waals surface area (Å²) >= 11 is 1.81. The van der Waals surface area contributed by atoms with Crippen molar-refractivity contribution in [2.24, 2.45) is 5.92 Å². The quantitative estimate of drug-likeness (QED) is 0.859. The normalized spacial score (nSPS) is 16.2. The Labute approximate surface area is 131 Å². The Kier molecular flexibility index (Phi) is 5.04. The van der Waals surface area contributed by atoms with E-state index < -0.39 is 0 Å². The molecule has 1 aromatic carbocycles. The molecule has 1 aromatic heterocycles. The summed E-state index contributed by atoms with van der Waals surface area (Å²) in [6, 6.07) is 8.54. The molecule has 0 saturated heterocycles. The lowest BCUT2D eigenvalue weighted by Crippen LogP contribution is -2.24. The highest BCUT2D eigenvalue weighted by Gasteiger charge is 2.13. The van der Waals surface area contributed by atoms with Gasteiger partial charge in [-0.3, -0.25) is 0 Å². The summed E-state index contributed by atoms with van der Waals surface area (Å²) in [5.41, 5.74) is 2.64. The van der Waals surface area contributed by atoms with Crippen molar-refractivity contribution in [1.82, 2.24) is 10.3 Å². The van der Waals surface area contributed by atoms with Crippen LogP contribution in [0.5, 0.6) is 0 Å². The lowest BCUT2D eigenvalue weighted by atomic mass is 9.89. The third-order valence-electron chi connectivity index (χ3n) is 4.40. The van der Waals surface area contributed by atoms with Crippen LogP contribution in [0.25, 0.3) is 10.4 Å². The standard InChI is InChI=1S/C18H24N2S/c1-14-7-5-6-10-16(14)17-12-20-18(21-17)13-19-11-15-8-3-2-4-9-15/h5-7,10,12,15,19H,2-4,8-9,11,13H2,1H3. The number of rotatable bonds is 5. The fraction of sp³-hybridized carbons (Fsp3) is 0.500. The number of aromatic nitrogens is 1. The second-order valence-electron chi connectivity index (χ2n) is 6.07. The average Bonchev–Trinajstić information content (AvgIpc) is 2.97. The van der Waals surface area contributed by atoms with Gasteiger partial charge < -0.3 is 5.32 Å². The van der Waals surface area contributed by atoms with Crippen LogP contribution < -0.4 is 5.32 Å². The van der Waals surface area contributed by atoms with E-state index in [0.29, 0.717) is 0 Å². The molecule has 2 nitrogen and oxygen atoms in total. The van der Waals surface area contributed by atoms with Gasteiger partial charge in [-0.05, 0) is 43.4 Å². The molecule has 3 rings (SSSR count). The van der Waals surface area contributed by atoms with Gasteiger partial charge in [0.25, 0.3) is 0 Å². The largest absolute Gasteiger partial charge is 0.310 e. The molecule has 0 bridgehead atoms. The van der Waals surface area contributed by atoms with Crippen LogP contribution in [0.4, 0.5) is 0 Å². The molecular formula is C18H24N2S. The third kappa shape index (κ3) is 3.92. The molecule has 1 aliphatic carbocycles. The Bertz CT molecular complexity index is 570. The van der Waals surface area contributed by atoms with Gasteiger partial charge >= 0.3 is 0 Å². The van der Waals surface area contributed by atoms with Gasteiger partial charge in [0.05, 0.1) is 4.88 Å². The van der Waals surface area contributed by atoms with Crippen LogP contribution in [-0.4, -0.2) is 11.5 Å². The Morgan fingerprint density at radius 2 is 2.00 bits per heavy atom. The van der Waals surface area contributed by atoms with Gasteiger partial charge in [-0.2, -0.15) is 0 Å². The first-order valence-corrected chi connectivity index (χ1v) is 8.86. The van der Waals surface area contributed by atoms with Crippen LogP contribution in [0.3, 0.4) is 0 Å². The van der Waals surface area contributed by atoms with E-state index in [0.717, 1.165) is 19.0 Å². The lowest BCUT2D eigenvalue weighted by molar-refractivity contribution is 0.342. The zero-order valence-electron chi connectivity index (χ0n) is 12.8. The average molecular weight is 300 g/mol. The van der Waals surface area contributed by atoms with E-state index in [2.05, 4.69) is 41.5 Å². The summed E-state index contributed by atoms with van der Waals surface area (Å²) < 4.78 is 0. The van der Waals surface area contributed by atoms with Crippen LogP contribution in [0.1, 0.15) is 42.7 Å². The molecule has 0 aliphatic heterocycles. The van der Waals surface area contributed by atoms with Crippen molar-refractivity contribution in [2.75, 3.05) is 6.54 Å². The Hall–Kier alpha value is -1.19. The predicted molar refractivity (Wildman–Crippen MR) is 90.6 cm³/mol. The Morgan fingerprint density at radius 1 is 1.19 bits per heavy atom. The predicted octanol–water partition coefficient (Wildman–Crippen LogP) is 4.79. The smallest absolute Gasteiger partial charge is 0.107 e. The minimum absolute atomic E-state index is 0.884. The minimum atomic E-state index is 0.884. The zero-order valence-corrected chi connectivity index (χ0v) is 13.6. The number of hydrogen-bond donors (Lipinski definition) is 1. The molecule has 1 N–H and O–H groups in total. The van der Waals surface area contributed by atoms with Crippen LogP contribution in [0.2, 0.25) is 0 Å². The van der Waals surface area contributed by atoms with Gasteiger partial charge in [0.2, 0.25) is 0 Å². The van der Waals surface area contributed by atoms with E-state index in [1.54, 1.807) is 0 Å². The van der Waals surface area contributed by atoms with Crippen LogP contribution in [0, 0.1) is 12.8 Å². The first-order chi connectivity index (χ1) is 10.3. The second-order valence-corrected chi connectivity index (χ2v) is 7.18. The van der Waals surface area contributed by atoms with Gasteiger partial charge in [0.15, 0.2) is 0 Å². The molecule has 0 amide bonds. The summed E-state index contributed by atoms with van der Waals surface area (Å²) in [5.74, 6) is 0.884. The fourth-order valence-corrected chi connectivity index (χ4v) is 4.12. The Morgan fingerprint density at radius 3 is 2.81 bits per heavy atom. The maximum atomic E-state index is 4.57. The molecule has 1 saturated carbocycles. The lowest BCUT2D eigenvalue weighted by Gasteiger charge is -2.21. The number of aryl methyl sites for hydroxylation is 1. The van der Waals surface area contributed by atoms with Crippen LogP contribution >= 0.6 is 11.3 Å². The number of nitrogens with zero attached hydrogens (tertiary/aromatic N) is 1. The monoisotopic (exact) mass is 300 g/mol. The van der Waals surface area contributed by atoms with E-state index in [-0.39, 0.29) is 0 Å². The molecule has 112 valence electrons. The van der Waals surface area contributed by atoms with Crippen molar-refractivity contribution in [2.45, 2.75) is 45.6 Å². The van der Waals surface area contributed by atoms with E-state index in [1.807, 2.05) is 17.5 Å². The summed E-state index contributed by atoms with van der Waals surface area (Å²) in [5, 5.41) is 4.80. The van der Waals surface area contributed by atoms with Crippen molar-refractivity contribution in [3.63, 3.8) is 0 Å². The molecule has 2 aromatic rings. The van der Waals surface area contributed by atoms with E-state index in [1.165, 1.54) is 53.1 Å². The van der Waals surface area contributed by atoms with Gasteiger partial charge in [0, 0.05) is 12.7 Å². The number of thiazole rings is 1. The summed E-state index contributed by atoms with van der Waals surface area (Å²) in [6.07, 6.45) is 9.09. The molecule has 1 fully saturated rings. The molecule has 0 spiro atoms. The molecular weight excluding hydrogens is 276 g/mol. The number of benzene rings is 1. The number of hydrogen-bond acceptors (Lipinski definition) is 3. The second kappa shape index (κ2) is 7.19. The van der Waals surface area contributed by atoms with Crippen molar-refractivity contribution in [1.29, 1.82) is 0 Å². The SMILES string of the molecule is Cc1ccccc1-c1cnc(CNCC2CCCCC2)s1. The van der Waals surface area contributed by atoms with Crippen molar-refractivity contribution in [3.8, 4) is 10.4 Å². The first-order valence-electron chi connectivity index (χ1n) is 8.04. The van der Waals surface area contributed by atoms with E-state index in [4.69, 9.17) is 0 Å². The number of nitrogens with one attached hydrogen (secondary N) is 1. The highest BCUT2D eigenvalue weighted by Crippen LogP contribution is 2.28. The summed E-state index contributed by atoms with van der Waals surface area (Å²) in [7, 11) is 0. The third-order valence-corrected chi connectivity index (χ3v) is 5.43. The minimum Gasteiger partial charge on any atom is -0.310 e. The van der Waals surface area contributed by atoms with E-state index in [9.17, 15) is 0 Å². The maximum absolute atomic E-state index is 4.57. The topological polar surface area (TPSA) is 24.9 Å². The van der Waals surface area contributed by atoms with Crippen LogP contribution in [-0.2, 0) is 6.54 Å². The first kappa shape index (κ1) is 14.7. The van der Waals surface area contributed by atoms with Crippen molar-refractivity contribution < 1.29 is 0 Å². The fourth-order valence-electron chi connectivity index (χ4n) is 3.14. The van der Waals surface area contributed by atoms with Crippen molar-refractivity contribution >= 4 is 11.3 Å². The Balaban J connectivity index is 1.54. The molecule has 0 atom stereocenters. The summed E-state index contributed by atoms with van der Waals surface area (Å²) in [4.78, 5) is 5.85. The molecule has 21 heavy (non-hydrogen) atoms. The molecule has 0 radical (unpaired) electrons. The summed E-state index contributed by atoms with van der Waals surface area (Å²) in [6.45, 7) is 4.22.